The Balaban J connectivity index is 1.83. The molecule has 1 saturated carbocycles. The van der Waals surface area contributed by atoms with Gasteiger partial charge in [0, 0.05) is 18.8 Å². The van der Waals surface area contributed by atoms with Gasteiger partial charge in [-0.2, -0.15) is 0 Å². The lowest BCUT2D eigenvalue weighted by Gasteiger charge is -2.54. The Kier molecular flexibility index (Phi) is 6.53. The molecule has 0 bridgehead atoms. The van der Waals surface area contributed by atoms with Gasteiger partial charge < -0.3 is 29.1 Å². The van der Waals surface area contributed by atoms with Gasteiger partial charge in [0.25, 0.3) is 0 Å². The minimum absolute atomic E-state index is 0.0243. The predicted molar refractivity (Wildman–Crippen MR) is 116 cm³/mol. The number of esters is 1. The number of rotatable bonds is 3. The van der Waals surface area contributed by atoms with E-state index in [1.807, 2.05) is 20.8 Å². The van der Waals surface area contributed by atoms with Crippen molar-refractivity contribution < 1.29 is 28.2 Å². The molecular weight excluding hydrogens is 402 g/mol. The average Bonchev–Trinajstić information content (AvgIpc) is 3.07. The zero-order valence-corrected chi connectivity index (χ0v) is 20.9. The summed E-state index contributed by atoms with van der Waals surface area (Å²) in [6.07, 6.45) is 0.529. The zero-order valence-electron chi connectivity index (χ0n) is 19.9. The predicted octanol–water partition coefficient (Wildman–Crippen LogP) is 3.42. The number of fused-ring (bicyclic) bond motifs is 1. The summed E-state index contributed by atoms with van der Waals surface area (Å²) in [4.78, 5) is 12.4. The summed E-state index contributed by atoms with van der Waals surface area (Å²) in [6, 6.07) is -0.302. The Morgan fingerprint density at radius 1 is 1.07 bits per heavy atom. The van der Waals surface area contributed by atoms with Crippen LogP contribution in [0.15, 0.2) is 0 Å². The van der Waals surface area contributed by atoms with E-state index in [4.69, 9.17) is 29.1 Å². The van der Waals surface area contributed by atoms with E-state index in [0.717, 1.165) is 0 Å². The highest BCUT2D eigenvalue weighted by molar-refractivity contribution is 6.74. The average molecular weight is 444 g/mol. The van der Waals surface area contributed by atoms with E-state index in [-0.39, 0.29) is 35.0 Å². The van der Waals surface area contributed by atoms with Crippen molar-refractivity contribution >= 4 is 14.3 Å². The fraction of sp³-hybridized carbons (Fsp3) is 0.955. The van der Waals surface area contributed by atoms with Crippen molar-refractivity contribution in [2.24, 2.45) is 23.0 Å². The van der Waals surface area contributed by atoms with E-state index >= 15 is 0 Å². The smallest absolute Gasteiger partial charge is 0.313 e. The van der Waals surface area contributed by atoms with Gasteiger partial charge in [-0.15, -0.1) is 0 Å². The summed E-state index contributed by atoms with van der Waals surface area (Å²) >= 11 is 0. The molecule has 3 fully saturated rings. The van der Waals surface area contributed by atoms with Gasteiger partial charge in [0.1, 0.15) is 0 Å². The van der Waals surface area contributed by atoms with Crippen LogP contribution in [0.25, 0.3) is 0 Å². The maximum Gasteiger partial charge on any atom is 0.313 e. The summed E-state index contributed by atoms with van der Waals surface area (Å²) in [5.74, 6) is -0.922. The minimum Gasteiger partial charge on any atom is -0.435 e. The van der Waals surface area contributed by atoms with E-state index in [9.17, 15) is 4.79 Å². The lowest BCUT2D eigenvalue weighted by Crippen LogP contribution is -2.66. The normalized spacial score (nSPS) is 34.6. The monoisotopic (exact) mass is 443 g/mol. The van der Waals surface area contributed by atoms with Crippen molar-refractivity contribution in [3.8, 4) is 0 Å². The fourth-order valence-corrected chi connectivity index (χ4v) is 5.71. The van der Waals surface area contributed by atoms with E-state index < -0.39 is 25.8 Å². The van der Waals surface area contributed by atoms with Crippen LogP contribution in [0.4, 0.5) is 0 Å². The van der Waals surface area contributed by atoms with E-state index in [1.165, 1.54) is 0 Å². The second-order valence-electron chi connectivity index (χ2n) is 11.6. The minimum atomic E-state index is -2.04. The van der Waals surface area contributed by atoms with Crippen LogP contribution in [0.3, 0.4) is 0 Å². The van der Waals surface area contributed by atoms with Gasteiger partial charge in [0.15, 0.2) is 14.1 Å². The summed E-state index contributed by atoms with van der Waals surface area (Å²) in [6.45, 7) is 18.3. The molecule has 0 radical (unpaired) electrons. The third-order valence-corrected chi connectivity index (χ3v) is 11.8. The molecule has 3 aliphatic rings. The first-order valence-electron chi connectivity index (χ1n) is 11.2. The van der Waals surface area contributed by atoms with Crippen molar-refractivity contribution in [2.75, 3.05) is 19.8 Å². The Hall–Kier alpha value is -0.513. The second-order valence-corrected chi connectivity index (χ2v) is 16.4. The van der Waals surface area contributed by atoms with Gasteiger partial charge in [0.2, 0.25) is 6.29 Å². The first-order chi connectivity index (χ1) is 13.7. The van der Waals surface area contributed by atoms with Crippen molar-refractivity contribution in [2.45, 2.75) is 96.7 Å². The fourth-order valence-electron chi connectivity index (χ4n) is 4.34. The molecule has 8 heteroatoms. The number of carbonyl (C=O) groups excluding carboxylic acids is 1. The van der Waals surface area contributed by atoms with Gasteiger partial charge in [-0.05, 0) is 44.8 Å². The van der Waals surface area contributed by atoms with E-state index in [2.05, 4.69) is 33.9 Å². The van der Waals surface area contributed by atoms with Crippen molar-refractivity contribution in [3.63, 3.8) is 0 Å². The summed E-state index contributed by atoms with van der Waals surface area (Å²) in [5, 5.41) is 0.0792. The molecule has 2 aliphatic heterocycles. The topological polar surface area (TPSA) is 89.2 Å². The Bertz CT molecular complexity index is 633. The number of carbonyl (C=O) groups is 1. The van der Waals surface area contributed by atoms with Gasteiger partial charge in [0.05, 0.1) is 37.4 Å². The second kappa shape index (κ2) is 8.12. The first-order valence-corrected chi connectivity index (χ1v) is 14.1. The maximum absolute atomic E-state index is 12.4. The molecule has 0 amide bonds. The van der Waals surface area contributed by atoms with Crippen LogP contribution in [0.2, 0.25) is 18.1 Å². The third kappa shape index (κ3) is 4.64. The maximum atomic E-state index is 12.4. The molecule has 0 unspecified atom stereocenters. The molecule has 2 heterocycles. The van der Waals surface area contributed by atoms with Crippen molar-refractivity contribution in [3.05, 3.63) is 0 Å². The lowest BCUT2D eigenvalue weighted by atomic mass is 9.69. The number of ether oxygens (including phenoxy) is 4. The highest BCUT2D eigenvalue weighted by Gasteiger charge is 2.59. The molecule has 0 aromatic heterocycles. The molecule has 2 saturated heterocycles. The van der Waals surface area contributed by atoms with Crippen LogP contribution in [-0.4, -0.2) is 58.3 Å². The van der Waals surface area contributed by atoms with Crippen molar-refractivity contribution in [1.29, 1.82) is 0 Å². The van der Waals surface area contributed by atoms with Crippen LogP contribution in [0, 0.1) is 17.3 Å². The Morgan fingerprint density at radius 2 is 1.67 bits per heavy atom. The molecule has 0 aromatic rings. The van der Waals surface area contributed by atoms with Crippen LogP contribution in [0.1, 0.15) is 54.4 Å². The van der Waals surface area contributed by atoms with Gasteiger partial charge in [-0.25, -0.2) is 0 Å². The molecule has 174 valence electrons. The largest absolute Gasteiger partial charge is 0.435 e. The van der Waals surface area contributed by atoms with E-state index in [0.29, 0.717) is 32.7 Å². The standard InChI is InChI=1S/C22H41NO6Si/c1-20(2,3)19(24)28-17-11-14-15(13-25-17)18(23)22(26-9-10-27-22)12-16(14)29-30(7,8)21(4,5)6/h14-18H,9-13,23H2,1-8H3/t14-,15+,16+,17+,18-/m0/s1. The van der Waals surface area contributed by atoms with Crippen LogP contribution in [0.5, 0.6) is 0 Å². The molecule has 1 spiro atoms. The van der Waals surface area contributed by atoms with Gasteiger partial charge in [-0.3, -0.25) is 4.79 Å². The molecule has 3 rings (SSSR count). The molecule has 5 atom stereocenters. The van der Waals surface area contributed by atoms with Crippen molar-refractivity contribution in [1.82, 2.24) is 0 Å². The van der Waals surface area contributed by atoms with Crippen LogP contribution < -0.4 is 5.73 Å². The zero-order chi connectivity index (χ0) is 22.5. The molecule has 7 nitrogen and oxygen atoms in total. The molecule has 0 aromatic carbocycles. The summed E-state index contributed by atoms with van der Waals surface area (Å²) < 4.78 is 30.7. The summed E-state index contributed by atoms with van der Waals surface area (Å²) in [5.41, 5.74) is 6.10. The molecule has 30 heavy (non-hydrogen) atoms. The Labute approximate surface area is 182 Å². The molecule has 1 aliphatic carbocycles. The highest BCUT2D eigenvalue weighted by atomic mass is 28.4. The van der Waals surface area contributed by atoms with Crippen LogP contribution in [-0.2, 0) is 28.2 Å². The van der Waals surface area contributed by atoms with Crippen LogP contribution >= 0.6 is 0 Å². The first kappa shape index (κ1) is 24.1. The summed E-state index contributed by atoms with van der Waals surface area (Å²) in [7, 11) is -2.04. The lowest BCUT2D eigenvalue weighted by molar-refractivity contribution is -0.267. The quantitative estimate of drug-likeness (QED) is 0.528. The van der Waals surface area contributed by atoms with E-state index in [1.54, 1.807) is 0 Å². The third-order valence-electron chi connectivity index (χ3n) is 7.30. The number of hydrogen-bond donors (Lipinski definition) is 1. The molecule has 2 N–H and O–H groups in total. The number of hydrogen-bond acceptors (Lipinski definition) is 7. The molecular formula is C22H41NO6Si. The SMILES string of the molecule is CC(C)(C)C(=O)O[C@@H]1C[C@H]2[C@@H](CO1)[C@H](N)C1(C[C@H]2O[Si](C)(C)C(C)(C)C)OCCO1. The number of nitrogens with two attached hydrogens (primary N) is 1. The van der Waals surface area contributed by atoms with Gasteiger partial charge >= 0.3 is 5.97 Å². The Morgan fingerprint density at radius 3 is 2.20 bits per heavy atom. The highest BCUT2D eigenvalue weighted by Crippen LogP contribution is 2.49. The van der Waals surface area contributed by atoms with Gasteiger partial charge in [-0.1, -0.05) is 20.8 Å².